The highest BCUT2D eigenvalue weighted by Crippen LogP contribution is 2.28. The number of hydrogen-bond acceptors (Lipinski definition) is 6. The van der Waals surface area contributed by atoms with Crippen molar-refractivity contribution in [3.63, 3.8) is 0 Å². The van der Waals surface area contributed by atoms with Crippen LogP contribution in [0, 0.1) is 0 Å². The molecular weight excluding hydrogens is 322 g/mol. The van der Waals surface area contributed by atoms with E-state index in [9.17, 15) is 9.59 Å². The Labute approximate surface area is 145 Å². The Morgan fingerprint density at radius 2 is 2.08 bits per heavy atom. The van der Waals surface area contributed by atoms with Gasteiger partial charge in [0, 0.05) is 24.1 Å². The van der Waals surface area contributed by atoms with Crippen LogP contribution in [0.25, 0.3) is 0 Å². The van der Waals surface area contributed by atoms with Gasteiger partial charge in [-0.3, -0.25) is 9.78 Å². The molecule has 2 rings (SSSR count). The molecule has 1 amide bonds. The van der Waals surface area contributed by atoms with E-state index in [4.69, 9.17) is 9.47 Å². The van der Waals surface area contributed by atoms with Gasteiger partial charge in [0.1, 0.15) is 11.8 Å². The van der Waals surface area contributed by atoms with Crippen molar-refractivity contribution in [2.24, 2.45) is 0 Å². The minimum Gasteiger partial charge on any atom is -0.494 e. The summed E-state index contributed by atoms with van der Waals surface area (Å²) in [7, 11) is 2.79. The molecule has 0 aliphatic rings. The second kappa shape index (κ2) is 8.49. The lowest BCUT2D eigenvalue weighted by Gasteiger charge is -2.16. The number of amides is 1. The van der Waals surface area contributed by atoms with Crippen molar-refractivity contribution in [2.45, 2.75) is 6.04 Å². The Morgan fingerprint density at radius 1 is 1.28 bits per heavy atom. The van der Waals surface area contributed by atoms with Crippen molar-refractivity contribution in [3.05, 3.63) is 60.9 Å². The first-order valence-corrected chi connectivity index (χ1v) is 7.45. The second-order valence-corrected chi connectivity index (χ2v) is 4.99. The predicted molar refractivity (Wildman–Crippen MR) is 94.8 cm³/mol. The summed E-state index contributed by atoms with van der Waals surface area (Å²) in [6.07, 6.45) is 4.51. The molecule has 7 heteroatoms. The summed E-state index contributed by atoms with van der Waals surface area (Å²) in [5.41, 5.74) is 1.55. The van der Waals surface area contributed by atoms with Gasteiger partial charge in [-0.2, -0.15) is 0 Å². The molecule has 130 valence electrons. The number of carbonyl (C=O) groups excluding carboxylic acids is 2. The third-order valence-corrected chi connectivity index (χ3v) is 3.39. The number of esters is 1. The van der Waals surface area contributed by atoms with Crippen molar-refractivity contribution in [3.8, 4) is 5.75 Å². The molecular formula is C18H19N3O4. The van der Waals surface area contributed by atoms with Crippen LogP contribution in [0.4, 0.5) is 11.4 Å². The molecule has 0 saturated heterocycles. The number of benzene rings is 1. The minimum atomic E-state index is -0.689. The Bertz CT molecular complexity index is 762. The zero-order valence-corrected chi connectivity index (χ0v) is 14.0. The first-order chi connectivity index (χ1) is 12.1. The van der Waals surface area contributed by atoms with E-state index in [1.807, 2.05) is 0 Å². The summed E-state index contributed by atoms with van der Waals surface area (Å²) >= 11 is 0. The van der Waals surface area contributed by atoms with Gasteiger partial charge < -0.3 is 20.1 Å². The maximum absolute atomic E-state index is 12.2. The van der Waals surface area contributed by atoms with Crippen molar-refractivity contribution in [1.82, 2.24) is 4.98 Å². The fourth-order valence-electron chi connectivity index (χ4n) is 2.10. The number of nitrogens with one attached hydrogen (secondary N) is 2. The predicted octanol–water partition coefficient (Wildman–Crippen LogP) is 2.48. The summed E-state index contributed by atoms with van der Waals surface area (Å²) in [6, 6.07) is 7.70. The summed E-state index contributed by atoms with van der Waals surface area (Å²) < 4.78 is 10.0. The van der Waals surface area contributed by atoms with Crippen molar-refractivity contribution < 1.29 is 19.1 Å². The topological polar surface area (TPSA) is 89.5 Å². The molecule has 25 heavy (non-hydrogen) atoms. The van der Waals surface area contributed by atoms with Crippen molar-refractivity contribution in [1.29, 1.82) is 0 Å². The molecule has 0 spiro atoms. The van der Waals surface area contributed by atoms with Gasteiger partial charge in [-0.15, -0.1) is 6.58 Å². The standard InChI is InChI=1S/C18H19N3O4/c1-4-14(18(23)25-3)20-13-7-8-15(16(10-13)24-2)21-17(22)12-6-5-9-19-11-12/h4-11,14,20H,1H2,2-3H3,(H,21,22)/t14-/m1/s1. The van der Waals surface area contributed by atoms with Crippen LogP contribution in [0.1, 0.15) is 10.4 Å². The van der Waals surface area contributed by atoms with Gasteiger partial charge in [0.25, 0.3) is 5.91 Å². The zero-order valence-electron chi connectivity index (χ0n) is 14.0. The van der Waals surface area contributed by atoms with Crippen LogP contribution >= 0.6 is 0 Å². The summed E-state index contributed by atoms with van der Waals surface area (Å²) in [4.78, 5) is 27.8. The lowest BCUT2D eigenvalue weighted by molar-refractivity contribution is -0.140. The van der Waals surface area contributed by atoms with E-state index in [1.54, 1.807) is 36.5 Å². The number of rotatable bonds is 7. The molecule has 0 aliphatic carbocycles. The maximum Gasteiger partial charge on any atom is 0.332 e. The van der Waals surface area contributed by atoms with Crippen molar-refractivity contribution >= 4 is 23.3 Å². The Morgan fingerprint density at radius 3 is 2.68 bits per heavy atom. The highest BCUT2D eigenvalue weighted by Gasteiger charge is 2.16. The number of aromatic nitrogens is 1. The maximum atomic E-state index is 12.2. The lowest BCUT2D eigenvalue weighted by atomic mass is 10.2. The molecule has 0 bridgehead atoms. The second-order valence-electron chi connectivity index (χ2n) is 4.99. The third-order valence-electron chi connectivity index (χ3n) is 3.39. The number of pyridine rings is 1. The van der Waals surface area contributed by atoms with E-state index >= 15 is 0 Å². The van der Waals surface area contributed by atoms with Gasteiger partial charge in [0.15, 0.2) is 0 Å². The SMILES string of the molecule is C=C[C@@H](Nc1ccc(NC(=O)c2cccnc2)c(OC)c1)C(=O)OC. The number of ether oxygens (including phenoxy) is 2. The van der Waals surface area contributed by atoms with E-state index in [-0.39, 0.29) is 5.91 Å². The highest BCUT2D eigenvalue weighted by molar-refractivity contribution is 6.05. The van der Waals surface area contributed by atoms with Gasteiger partial charge in [0.2, 0.25) is 0 Å². The van der Waals surface area contributed by atoms with E-state index in [1.165, 1.54) is 26.5 Å². The summed E-state index contributed by atoms with van der Waals surface area (Å²) in [5, 5.41) is 5.73. The number of methoxy groups -OCH3 is 2. The summed E-state index contributed by atoms with van der Waals surface area (Å²) in [6.45, 7) is 3.60. The van der Waals surface area contributed by atoms with E-state index < -0.39 is 12.0 Å². The fourth-order valence-corrected chi connectivity index (χ4v) is 2.10. The molecule has 0 fully saturated rings. The van der Waals surface area contributed by atoms with Gasteiger partial charge in [-0.05, 0) is 24.3 Å². The largest absolute Gasteiger partial charge is 0.494 e. The average molecular weight is 341 g/mol. The number of nitrogens with zero attached hydrogens (tertiary/aromatic N) is 1. The average Bonchev–Trinajstić information content (AvgIpc) is 2.66. The number of anilines is 2. The van der Waals surface area contributed by atoms with Crippen LogP contribution in [0.5, 0.6) is 5.75 Å². The Kier molecular flexibility index (Phi) is 6.11. The van der Waals surface area contributed by atoms with Gasteiger partial charge in [-0.25, -0.2) is 4.79 Å². The summed E-state index contributed by atoms with van der Waals surface area (Å²) in [5.74, 6) is -0.316. The minimum absolute atomic E-state index is 0.300. The molecule has 0 saturated carbocycles. The molecule has 7 nitrogen and oxygen atoms in total. The molecule has 2 N–H and O–H groups in total. The van der Waals surface area contributed by atoms with Crippen LogP contribution < -0.4 is 15.4 Å². The smallest absolute Gasteiger partial charge is 0.332 e. The molecule has 0 radical (unpaired) electrons. The van der Waals surface area contributed by atoms with Crippen LogP contribution in [0.3, 0.4) is 0 Å². The quantitative estimate of drug-likeness (QED) is 0.594. The van der Waals surface area contributed by atoms with Crippen molar-refractivity contribution in [2.75, 3.05) is 24.9 Å². The Balaban J connectivity index is 2.17. The van der Waals surface area contributed by atoms with Gasteiger partial charge in [0.05, 0.1) is 25.5 Å². The lowest BCUT2D eigenvalue weighted by Crippen LogP contribution is -2.28. The molecule has 2 aromatic rings. The first-order valence-electron chi connectivity index (χ1n) is 7.45. The molecule has 1 aromatic heterocycles. The highest BCUT2D eigenvalue weighted by atomic mass is 16.5. The number of hydrogen-bond donors (Lipinski definition) is 2. The van der Waals surface area contributed by atoms with Gasteiger partial charge >= 0.3 is 5.97 Å². The van der Waals surface area contributed by atoms with Crippen LogP contribution in [-0.2, 0) is 9.53 Å². The molecule has 0 unspecified atom stereocenters. The molecule has 1 aromatic carbocycles. The van der Waals surface area contributed by atoms with E-state index in [2.05, 4.69) is 22.2 Å². The Hall–Kier alpha value is -3.35. The normalized spacial score (nSPS) is 11.1. The van der Waals surface area contributed by atoms with Crippen LogP contribution in [-0.4, -0.2) is 37.1 Å². The molecule has 1 heterocycles. The third kappa shape index (κ3) is 4.57. The van der Waals surface area contributed by atoms with Gasteiger partial charge in [-0.1, -0.05) is 6.08 Å². The van der Waals surface area contributed by atoms with E-state index in [0.717, 1.165) is 0 Å². The molecule has 1 atom stereocenters. The molecule has 0 aliphatic heterocycles. The monoisotopic (exact) mass is 341 g/mol. The van der Waals surface area contributed by atoms with Crippen LogP contribution in [0.2, 0.25) is 0 Å². The first kappa shape index (κ1) is 18.0. The van der Waals surface area contributed by atoms with Crippen LogP contribution in [0.15, 0.2) is 55.4 Å². The zero-order chi connectivity index (χ0) is 18.2. The number of carbonyl (C=O) groups is 2. The van der Waals surface area contributed by atoms with E-state index in [0.29, 0.717) is 22.7 Å². The fraction of sp³-hybridized carbons (Fsp3) is 0.167.